The normalized spacial score (nSPS) is 10.9. The van der Waals surface area contributed by atoms with Crippen LogP contribution >= 0.6 is 23.1 Å². The van der Waals surface area contributed by atoms with Crippen molar-refractivity contribution in [2.75, 3.05) is 24.7 Å². The van der Waals surface area contributed by atoms with E-state index in [1.807, 2.05) is 30.6 Å². The van der Waals surface area contributed by atoms with Crippen molar-refractivity contribution >= 4 is 33.9 Å². The summed E-state index contributed by atoms with van der Waals surface area (Å²) in [5, 5.41) is 14.6. The van der Waals surface area contributed by atoms with E-state index < -0.39 is 0 Å². The lowest BCUT2D eigenvalue weighted by molar-refractivity contribution is 0.556. The van der Waals surface area contributed by atoms with E-state index in [4.69, 9.17) is 5.73 Å². The molecule has 19 heavy (non-hydrogen) atoms. The van der Waals surface area contributed by atoms with Crippen molar-refractivity contribution in [3.05, 3.63) is 5.69 Å². The molecule has 8 heteroatoms. The molecule has 0 spiro atoms. The SMILES string of the molecule is CCCn1nc(C)c(N)c1Sc1nnc(N(C)C)s1. The number of anilines is 2. The van der Waals surface area contributed by atoms with Gasteiger partial charge in [-0.1, -0.05) is 18.3 Å². The Hall–Kier alpha value is -1.28. The van der Waals surface area contributed by atoms with Gasteiger partial charge in [0.1, 0.15) is 5.03 Å². The van der Waals surface area contributed by atoms with Gasteiger partial charge < -0.3 is 10.6 Å². The molecule has 0 radical (unpaired) electrons. The van der Waals surface area contributed by atoms with Crippen molar-refractivity contribution in [1.29, 1.82) is 0 Å². The average molecular weight is 298 g/mol. The van der Waals surface area contributed by atoms with Gasteiger partial charge in [-0.2, -0.15) is 5.10 Å². The molecule has 0 atom stereocenters. The van der Waals surface area contributed by atoms with E-state index in [1.165, 1.54) is 11.8 Å². The molecule has 2 N–H and O–H groups in total. The first-order valence-corrected chi connectivity index (χ1v) is 7.67. The molecule has 0 saturated heterocycles. The van der Waals surface area contributed by atoms with Crippen molar-refractivity contribution in [3.63, 3.8) is 0 Å². The van der Waals surface area contributed by atoms with Gasteiger partial charge in [-0.15, -0.1) is 10.2 Å². The molecule has 0 aliphatic heterocycles. The molecule has 0 bridgehead atoms. The largest absolute Gasteiger partial charge is 0.395 e. The van der Waals surface area contributed by atoms with E-state index >= 15 is 0 Å². The molecule has 0 saturated carbocycles. The first kappa shape index (κ1) is 14.1. The van der Waals surface area contributed by atoms with Crippen molar-refractivity contribution in [1.82, 2.24) is 20.0 Å². The maximum absolute atomic E-state index is 6.09. The van der Waals surface area contributed by atoms with Crippen LogP contribution < -0.4 is 10.6 Å². The average Bonchev–Trinajstić information content (AvgIpc) is 2.91. The molecule has 2 aromatic rings. The molecule has 0 fully saturated rings. The summed E-state index contributed by atoms with van der Waals surface area (Å²) in [5.41, 5.74) is 7.69. The molecule has 6 nitrogen and oxygen atoms in total. The van der Waals surface area contributed by atoms with Gasteiger partial charge in [0.25, 0.3) is 0 Å². The maximum Gasteiger partial charge on any atom is 0.208 e. The van der Waals surface area contributed by atoms with E-state index in [1.54, 1.807) is 11.3 Å². The van der Waals surface area contributed by atoms with E-state index in [2.05, 4.69) is 22.2 Å². The lowest BCUT2D eigenvalue weighted by atomic mass is 10.4. The summed E-state index contributed by atoms with van der Waals surface area (Å²) >= 11 is 3.08. The van der Waals surface area contributed by atoms with Gasteiger partial charge in [0.05, 0.1) is 11.4 Å². The van der Waals surface area contributed by atoms with Gasteiger partial charge in [-0.05, 0) is 25.1 Å². The van der Waals surface area contributed by atoms with E-state index in [9.17, 15) is 0 Å². The third-order valence-corrected chi connectivity index (χ3v) is 4.79. The summed E-state index contributed by atoms with van der Waals surface area (Å²) in [6.07, 6.45) is 1.02. The zero-order valence-corrected chi connectivity index (χ0v) is 13.2. The quantitative estimate of drug-likeness (QED) is 0.912. The van der Waals surface area contributed by atoms with Crippen LogP contribution in [-0.2, 0) is 6.54 Å². The molecule has 0 aromatic carbocycles. The third-order valence-electron chi connectivity index (χ3n) is 2.52. The lowest BCUT2D eigenvalue weighted by Gasteiger charge is -2.05. The Kier molecular flexibility index (Phi) is 4.31. The second kappa shape index (κ2) is 5.79. The highest BCUT2D eigenvalue weighted by atomic mass is 32.2. The van der Waals surface area contributed by atoms with Crippen LogP contribution in [0.15, 0.2) is 9.37 Å². The summed E-state index contributed by atoms with van der Waals surface area (Å²) in [7, 11) is 3.91. The third kappa shape index (κ3) is 3.01. The first-order chi connectivity index (χ1) is 9.02. The molecule has 0 aliphatic carbocycles. The van der Waals surface area contributed by atoms with Gasteiger partial charge >= 0.3 is 0 Å². The fourth-order valence-electron chi connectivity index (χ4n) is 1.55. The fourth-order valence-corrected chi connectivity index (χ4v) is 3.42. The first-order valence-electron chi connectivity index (χ1n) is 6.04. The monoisotopic (exact) mass is 298 g/mol. The van der Waals surface area contributed by atoms with E-state index in [-0.39, 0.29) is 0 Å². The van der Waals surface area contributed by atoms with Crippen LogP contribution in [0.5, 0.6) is 0 Å². The highest BCUT2D eigenvalue weighted by Gasteiger charge is 2.16. The van der Waals surface area contributed by atoms with Crippen LogP contribution in [0.2, 0.25) is 0 Å². The van der Waals surface area contributed by atoms with Crippen molar-refractivity contribution in [2.45, 2.75) is 36.2 Å². The Bertz CT molecular complexity index is 560. The number of nitrogens with two attached hydrogens (primary N) is 1. The predicted octanol–water partition coefficient (Wildman–Crippen LogP) is 2.25. The fraction of sp³-hybridized carbons (Fsp3) is 0.545. The molecule has 2 aromatic heterocycles. The Morgan fingerprint density at radius 2 is 2.11 bits per heavy atom. The van der Waals surface area contributed by atoms with Crippen molar-refractivity contribution in [3.8, 4) is 0 Å². The molecule has 0 aliphatic rings. The van der Waals surface area contributed by atoms with Gasteiger partial charge in [-0.3, -0.25) is 4.68 Å². The van der Waals surface area contributed by atoms with Crippen LogP contribution in [0.1, 0.15) is 19.0 Å². The minimum atomic E-state index is 0.736. The van der Waals surface area contributed by atoms with Crippen LogP contribution in [0.4, 0.5) is 10.8 Å². The topological polar surface area (TPSA) is 72.9 Å². The van der Waals surface area contributed by atoms with Gasteiger partial charge in [0.15, 0.2) is 4.34 Å². The van der Waals surface area contributed by atoms with Crippen molar-refractivity contribution in [2.24, 2.45) is 0 Å². The van der Waals surface area contributed by atoms with Crippen LogP contribution in [0.25, 0.3) is 0 Å². The smallest absolute Gasteiger partial charge is 0.208 e. The summed E-state index contributed by atoms with van der Waals surface area (Å²) in [4.78, 5) is 1.94. The van der Waals surface area contributed by atoms with Gasteiger partial charge in [0, 0.05) is 20.6 Å². The minimum Gasteiger partial charge on any atom is -0.395 e. The molecule has 0 amide bonds. The molecular weight excluding hydrogens is 280 g/mol. The van der Waals surface area contributed by atoms with E-state index in [0.717, 1.165) is 38.8 Å². The number of rotatable bonds is 5. The number of hydrogen-bond acceptors (Lipinski definition) is 7. The van der Waals surface area contributed by atoms with Gasteiger partial charge in [0.2, 0.25) is 5.13 Å². The Morgan fingerprint density at radius 3 is 2.68 bits per heavy atom. The molecule has 2 rings (SSSR count). The number of nitrogens with zero attached hydrogens (tertiary/aromatic N) is 5. The summed E-state index contributed by atoms with van der Waals surface area (Å²) in [6, 6.07) is 0. The zero-order chi connectivity index (χ0) is 14.0. The summed E-state index contributed by atoms with van der Waals surface area (Å²) in [5.74, 6) is 0. The van der Waals surface area contributed by atoms with Crippen LogP contribution in [-0.4, -0.2) is 34.1 Å². The number of hydrogen-bond donors (Lipinski definition) is 1. The number of aryl methyl sites for hydroxylation is 2. The highest BCUT2D eigenvalue weighted by Crippen LogP contribution is 2.36. The zero-order valence-electron chi connectivity index (χ0n) is 11.5. The minimum absolute atomic E-state index is 0.736. The highest BCUT2D eigenvalue weighted by molar-refractivity contribution is 8.01. The summed E-state index contributed by atoms with van der Waals surface area (Å²) < 4.78 is 2.83. The second-order valence-electron chi connectivity index (χ2n) is 4.37. The molecule has 104 valence electrons. The second-order valence-corrected chi connectivity index (χ2v) is 6.57. The molecule has 0 unspecified atom stereocenters. The van der Waals surface area contributed by atoms with Crippen LogP contribution in [0, 0.1) is 6.92 Å². The Morgan fingerprint density at radius 1 is 1.37 bits per heavy atom. The number of aromatic nitrogens is 4. The predicted molar refractivity (Wildman–Crippen MR) is 80.0 cm³/mol. The standard InChI is InChI=1S/C11H18N6S2/c1-5-6-17-9(8(12)7(2)15-17)18-11-14-13-10(19-11)16(3)4/h5-6,12H2,1-4H3. The molecular formula is C11H18N6S2. The Labute approximate surface area is 121 Å². The summed E-state index contributed by atoms with van der Waals surface area (Å²) in [6.45, 7) is 4.91. The van der Waals surface area contributed by atoms with Gasteiger partial charge in [-0.25, -0.2) is 0 Å². The molecule has 2 heterocycles. The van der Waals surface area contributed by atoms with E-state index in [0.29, 0.717) is 0 Å². The maximum atomic E-state index is 6.09. The lowest BCUT2D eigenvalue weighted by Crippen LogP contribution is -2.07. The van der Waals surface area contributed by atoms with Crippen molar-refractivity contribution < 1.29 is 0 Å². The van der Waals surface area contributed by atoms with Crippen LogP contribution in [0.3, 0.4) is 0 Å². The number of nitrogen functional groups attached to an aromatic ring is 1. The Balaban J connectivity index is 2.26.